The first kappa shape index (κ1) is 13.4. The molecule has 3 rings (SSSR count). The van der Waals surface area contributed by atoms with Gasteiger partial charge in [-0.15, -0.1) is 11.3 Å². The summed E-state index contributed by atoms with van der Waals surface area (Å²) in [5, 5.41) is 4.14. The smallest absolute Gasteiger partial charge is 0.0614 e. The van der Waals surface area contributed by atoms with Crippen LogP contribution in [0.2, 0.25) is 5.02 Å². The summed E-state index contributed by atoms with van der Waals surface area (Å²) in [6, 6.07) is 10.1. The Labute approximate surface area is 127 Å². The van der Waals surface area contributed by atoms with E-state index in [0.717, 1.165) is 29.1 Å². The van der Waals surface area contributed by atoms with Gasteiger partial charge < -0.3 is 4.90 Å². The minimum absolute atomic E-state index is 0.814. The molecule has 4 heteroatoms. The molecular formula is C16H15ClN2S. The average Bonchev–Trinajstić information content (AvgIpc) is 2.91. The highest BCUT2D eigenvalue weighted by molar-refractivity contribution is 7.18. The van der Waals surface area contributed by atoms with Crippen LogP contribution in [0.15, 0.2) is 48.1 Å². The number of anilines is 2. The zero-order valence-corrected chi connectivity index (χ0v) is 12.8. The molecule has 0 saturated carbocycles. The minimum atomic E-state index is 0.814. The van der Waals surface area contributed by atoms with Crippen molar-refractivity contribution in [2.75, 3.05) is 11.4 Å². The molecule has 0 N–H and O–H groups in total. The van der Waals surface area contributed by atoms with Crippen LogP contribution >= 0.6 is 22.9 Å². The molecule has 0 atom stereocenters. The van der Waals surface area contributed by atoms with Gasteiger partial charge in [0, 0.05) is 40.1 Å². The Morgan fingerprint density at radius 1 is 1.20 bits per heavy atom. The number of fused-ring (bicyclic) bond motifs is 1. The van der Waals surface area contributed by atoms with Gasteiger partial charge in [0.1, 0.15) is 0 Å². The predicted molar refractivity (Wildman–Crippen MR) is 88.4 cm³/mol. The van der Waals surface area contributed by atoms with Crippen LogP contribution in [0.1, 0.15) is 13.3 Å². The van der Waals surface area contributed by atoms with Crippen LogP contribution in [0.25, 0.3) is 10.1 Å². The Morgan fingerprint density at radius 3 is 2.75 bits per heavy atom. The number of halogens is 1. The molecule has 3 aromatic rings. The molecule has 2 aromatic heterocycles. The van der Waals surface area contributed by atoms with Crippen LogP contribution in [0, 0.1) is 0 Å². The number of nitrogens with zero attached hydrogens (tertiary/aromatic N) is 2. The average molecular weight is 303 g/mol. The number of pyridine rings is 1. The fraction of sp³-hybridized carbons (Fsp3) is 0.188. The van der Waals surface area contributed by atoms with E-state index in [1.54, 1.807) is 11.3 Å². The number of thiophene rings is 1. The molecular weight excluding hydrogens is 288 g/mol. The minimum Gasteiger partial charge on any atom is -0.340 e. The van der Waals surface area contributed by atoms with Crippen LogP contribution < -0.4 is 4.90 Å². The molecule has 0 fully saturated rings. The van der Waals surface area contributed by atoms with Gasteiger partial charge in [-0.05, 0) is 30.7 Å². The zero-order valence-electron chi connectivity index (χ0n) is 11.2. The number of rotatable bonds is 4. The SMILES string of the molecule is CCCN(c1ccncc1)c1csc2cccc(Cl)c12. The number of benzene rings is 1. The maximum atomic E-state index is 6.40. The normalized spacial score (nSPS) is 10.9. The maximum absolute atomic E-state index is 6.40. The number of hydrogen-bond acceptors (Lipinski definition) is 3. The zero-order chi connectivity index (χ0) is 13.9. The first-order valence-electron chi connectivity index (χ1n) is 6.64. The quantitative estimate of drug-likeness (QED) is 0.633. The van der Waals surface area contributed by atoms with Crippen molar-refractivity contribution in [2.24, 2.45) is 0 Å². The Hall–Kier alpha value is -1.58. The molecule has 2 nitrogen and oxygen atoms in total. The molecule has 102 valence electrons. The second-order valence-corrected chi connectivity index (χ2v) is 5.91. The Kier molecular flexibility index (Phi) is 3.90. The maximum Gasteiger partial charge on any atom is 0.0614 e. The molecule has 2 heterocycles. The summed E-state index contributed by atoms with van der Waals surface area (Å²) in [7, 11) is 0. The fourth-order valence-electron chi connectivity index (χ4n) is 2.36. The molecule has 0 saturated heterocycles. The summed E-state index contributed by atoms with van der Waals surface area (Å²) in [5.41, 5.74) is 2.34. The number of aromatic nitrogens is 1. The second kappa shape index (κ2) is 5.81. The molecule has 0 bridgehead atoms. The van der Waals surface area contributed by atoms with E-state index in [1.165, 1.54) is 10.4 Å². The van der Waals surface area contributed by atoms with E-state index in [0.29, 0.717) is 0 Å². The third kappa shape index (κ3) is 2.39. The second-order valence-electron chi connectivity index (χ2n) is 4.59. The van der Waals surface area contributed by atoms with Gasteiger partial charge in [0.2, 0.25) is 0 Å². The summed E-state index contributed by atoms with van der Waals surface area (Å²) in [4.78, 5) is 6.41. The predicted octanol–water partition coefficient (Wildman–Crippen LogP) is 5.50. The molecule has 0 aliphatic carbocycles. The van der Waals surface area contributed by atoms with Gasteiger partial charge in [0.05, 0.1) is 10.7 Å². The van der Waals surface area contributed by atoms with Gasteiger partial charge in [-0.3, -0.25) is 4.98 Å². The Morgan fingerprint density at radius 2 is 2.00 bits per heavy atom. The van der Waals surface area contributed by atoms with Gasteiger partial charge in [-0.1, -0.05) is 24.6 Å². The molecule has 20 heavy (non-hydrogen) atoms. The van der Waals surface area contributed by atoms with E-state index < -0.39 is 0 Å². The van der Waals surface area contributed by atoms with Crippen molar-refractivity contribution in [1.29, 1.82) is 0 Å². The molecule has 0 radical (unpaired) electrons. The summed E-state index contributed by atoms with van der Waals surface area (Å²) in [6.45, 7) is 3.14. The van der Waals surface area contributed by atoms with Crippen molar-refractivity contribution in [3.63, 3.8) is 0 Å². The van der Waals surface area contributed by atoms with Crippen LogP contribution in [0.3, 0.4) is 0 Å². The van der Waals surface area contributed by atoms with E-state index in [-0.39, 0.29) is 0 Å². The van der Waals surface area contributed by atoms with Crippen LogP contribution in [0.4, 0.5) is 11.4 Å². The van der Waals surface area contributed by atoms with Crippen molar-refractivity contribution in [3.8, 4) is 0 Å². The van der Waals surface area contributed by atoms with Crippen LogP contribution in [-0.4, -0.2) is 11.5 Å². The third-order valence-electron chi connectivity index (χ3n) is 3.24. The van der Waals surface area contributed by atoms with Gasteiger partial charge in [-0.25, -0.2) is 0 Å². The van der Waals surface area contributed by atoms with Gasteiger partial charge >= 0.3 is 0 Å². The highest BCUT2D eigenvalue weighted by Crippen LogP contribution is 2.40. The lowest BCUT2D eigenvalue weighted by Gasteiger charge is -2.24. The highest BCUT2D eigenvalue weighted by atomic mass is 35.5. The summed E-state index contributed by atoms with van der Waals surface area (Å²) < 4.78 is 1.22. The van der Waals surface area contributed by atoms with Crippen molar-refractivity contribution in [2.45, 2.75) is 13.3 Å². The Bertz CT molecular complexity index is 709. The lowest BCUT2D eigenvalue weighted by Crippen LogP contribution is -2.17. The summed E-state index contributed by atoms with van der Waals surface area (Å²) in [6.07, 6.45) is 4.73. The largest absolute Gasteiger partial charge is 0.340 e. The van der Waals surface area contributed by atoms with Crippen molar-refractivity contribution in [1.82, 2.24) is 4.98 Å². The number of hydrogen-bond donors (Lipinski definition) is 0. The molecule has 0 aliphatic rings. The van der Waals surface area contributed by atoms with Gasteiger partial charge in [0.25, 0.3) is 0 Å². The van der Waals surface area contributed by atoms with E-state index in [1.807, 2.05) is 36.7 Å². The highest BCUT2D eigenvalue weighted by Gasteiger charge is 2.15. The first-order valence-corrected chi connectivity index (χ1v) is 7.90. The molecule has 0 amide bonds. The lowest BCUT2D eigenvalue weighted by molar-refractivity contribution is 0.888. The van der Waals surface area contributed by atoms with E-state index >= 15 is 0 Å². The van der Waals surface area contributed by atoms with Crippen LogP contribution in [0.5, 0.6) is 0 Å². The Balaban J connectivity index is 2.15. The lowest BCUT2D eigenvalue weighted by atomic mass is 10.2. The monoisotopic (exact) mass is 302 g/mol. The van der Waals surface area contributed by atoms with E-state index in [9.17, 15) is 0 Å². The van der Waals surface area contributed by atoms with Crippen LogP contribution in [-0.2, 0) is 0 Å². The molecule has 0 unspecified atom stereocenters. The summed E-state index contributed by atoms with van der Waals surface area (Å²) in [5.74, 6) is 0. The molecule has 0 aliphatic heterocycles. The van der Waals surface area contributed by atoms with E-state index in [4.69, 9.17) is 11.6 Å². The first-order chi connectivity index (χ1) is 9.81. The molecule has 1 aromatic carbocycles. The summed E-state index contributed by atoms with van der Waals surface area (Å²) >= 11 is 8.14. The van der Waals surface area contributed by atoms with E-state index in [2.05, 4.69) is 28.3 Å². The third-order valence-corrected chi connectivity index (χ3v) is 4.49. The van der Waals surface area contributed by atoms with Crippen molar-refractivity contribution >= 4 is 44.4 Å². The van der Waals surface area contributed by atoms with Crippen molar-refractivity contribution in [3.05, 3.63) is 53.1 Å². The van der Waals surface area contributed by atoms with Gasteiger partial charge in [0.15, 0.2) is 0 Å². The van der Waals surface area contributed by atoms with Gasteiger partial charge in [-0.2, -0.15) is 0 Å². The fourth-order valence-corrected chi connectivity index (χ4v) is 3.66. The van der Waals surface area contributed by atoms with Crippen molar-refractivity contribution < 1.29 is 0 Å². The standard InChI is InChI=1S/C16H15ClN2S/c1-2-10-19(12-6-8-18-9-7-12)14-11-20-15-5-3-4-13(17)16(14)15/h3-9,11H,2,10H2,1H3. The molecule has 0 spiro atoms. The topological polar surface area (TPSA) is 16.1 Å².